The van der Waals surface area contributed by atoms with Crippen molar-refractivity contribution in [1.82, 2.24) is 20.1 Å². The van der Waals surface area contributed by atoms with E-state index in [-0.39, 0.29) is 17.2 Å². The lowest BCUT2D eigenvalue weighted by molar-refractivity contribution is -0.113. The number of aromatic nitrogens is 3. The van der Waals surface area contributed by atoms with Crippen molar-refractivity contribution in [2.75, 3.05) is 11.1 Å². The van der Waals surface area contributed by atoms with Gasteiger partial charge in [0, 0.05) is 12.2 Å². The van der Waals surface area contributed by atoms with Crippen molar-refractivity contribution in [1.29, 1.82) is 0 Å². The summed E-state index contributed by atoms with van der Waals surface area (Å²) in [6.07, 6.45) is 2.61. The van der Waals surface area contributed by atoms with Crippen LogP contribution in [-0.4, -0.2) is 32.3 Å². The second kappa shape index (κ2) is 11.4. The number of aryl methyl sites for hydroxylation is 1. The standard InChI is InChI=1S/C24H26FN5O2S/c1-4-14-30-22(16(3)26-23(32)19-8-6-7-9-20(19)25)28-29-24(30)33-15-21(31)27-18-12-10-17(5-2)11-13-18/h4,6-13,16H,1,5,14-15H2,2-3H3,(H,26,32)(H,27,31)/t16-/m1/s1. The zero-order chi connectivity index (χ0) is 23.8. The lowest BCUT2D eigenvalue weighted by Crippen LogP contribution is -2.29. The molecule has 1 aromatic heterocycles. The Kier molecular flexibility index (Phi) is 8.37. The molecular formula is C24H26FN5O2S. The molecule has 0 saturated heterocycles. The van der Waals surface area contributed by atoms with Gasteiger partial charge in [0.05, 0.1) is 17.4 Å². The maximum absolute atomic E-state index is 13.9. The van der Waals surface area contributed by atoms with Crippen LogP contribution in [0.15, 0.2) is 66.3 Å². The molecule has 0 bridgehead atoms. The molecule has 0 saturated carbocycles. The minimum atomic E-state index is -0.596. The largest absolute Gasteiger partial charge is 0.342 e. The molecule has 2 aromatic carbocycles. The van der Waals surface area contributed by atoms with Crippen molar-refractivity contribution < 1.29 is 14.0 Å². The number of nitrogens with zero attached hydrogens (tertiary/aromatic N) is 3. The Labute approximate surface area is 196 Å². The molecule has 0 spiro atoms. The first-order valence-corrected chi connectivity index (χ1v) is 11.5. The van der Waals surface area contributed by atoms with Crippen LogP contribution in [0, 0.1) is 5.82 Å². The Balaban J connectivity index is 1.65. The number of benzene rings is 2. The minimum Gasteiger partial charge on any atom is -0.342 e. The fraction of sp³-hybridized carbons (Fsp3) is 0.250. The average Bonchev–Trinajstić information content (AvgIpc) is 3.21. The molecule has 1 heterocycles. The fourth-order valence-electron chi connectivity index (χ4n) is 3.16. The van der Waals surface area contributed by atoms with E-state index >= 15 is 0 Å². The first-order valence-electron chi connectivity index (χ1n) is 10.5. The molecule has 1 atom stereocenters. The van der Waals surface area contributed by atoms with Gasteiger partial charge in [0.1, 0.15) is 5.82 Å². The third kappa shape index (κ3) is 6.29. The summed E-state index contributed by atoms with van der Waals surface area (Å²) in [5, 5.41) is 14.5. The number of thioether (sulfide) groups is 1. The van der Waals surface area contributed by atoms with Crippen molar-refractivity contribution in [3.8, 4) is 0 Å². The third-order valence-corrected chi connectivity index (χ3v) is 5.86. The van der Waals surface area contributed by atoms with Crippen molar-refractivity contribution in [2.24, 2.45) is 0 Å². The summed E-state index contributed by atoms with van der Waals surface area (Å²) in [6.45, 7) is 7.97. The minimum absolute atomic E-state index is 0.0441. The molecule has 0 aliphatic carbocycles. The highest BCUT2D eigenvalue weighted by molar-refractivity contribution is 7.99. The Bertz CT molecular complexity index is 1130. The van der Waals surface area contributed by atoms with Gasteiger partial charge in [0.15, 0.2) is 11.0 Å². The number of rotatable bonds is 10. The van der Waals surface area contributed by atoms with E-state index in [1.165, 1.54) is 35.5 Å². The topological polar surface area (TPSA) is 88.9 Å². The van der Waals surface area contributed by atoms with E-state index in [1.54, 1.807) is 23.6 Å². The van der Waals surface area contributed by atoms with E-state index in [1.807, 2.05) is 24.3 Å². The molecule has 172 valence electrons. The molecule has 0 aliphatic heterocycles. The fourth-order valence-corrected chi connectivity index (χ4v) is 3.92. The predicted molar refractivity (Wildman–Crippen MR) is 128 cm³/mol. The number of allylic oxidation sites excluding steroid dienone is 1. The second-order valence-electron chi connectivity index (χ2n) is 7.30. The summed E-state index contributed by atoms with van der Waals surface area (Å²) in [7, 11) is 0. The molecule has 3 aromatic rings. The number of hydrogen-bond donors (Lipinski definition) is 2. The van der Waals surface area contributed by atoms with Crippen LogP contribution in [0.25, 0.3) is 0 Å². The lowest BCUT2D eigenvalue weighted by atomic mass is 10.1. The van der Waals surface area contributed by atoms with Gasteiger partial charge >= 0.3 is 0 Å². The average molecular weight is 468 g/mol. The van der Waals surface area contributed by atoms with Crippen molar-refractivity contribution >= 4 is 29.3 Å². The van der Waals surface area contributed by atoms with Crippen LogP contribution in [-0.2, 0) is 17.8 Å². The van der Waals surface area contributed by atoms with E-state index in [0.717, 1.165) is 12.1 Å². The maximum atomic E-state index is 13.9. The summed E-state index contributed by atoms with van der Waals surface area (Å²) in [5.41, 5.74) is 1.89. The number of hydrogen-bond acceptors (Lipinski definition) is 5. The van der Waals surface area contributed by atoms with Gasteiger partial charge in [-0.3, -0.25) is 9.59 Å². The van der Waals surface area contributed by atoms with Gasteiger partial charge in [-0.1, -0.05) is 49.0 Å². The number of anilines is 1. The van der Waals surface area contributed by atoms with Gasteiger partial charge < -0.3 is 15.2 Å². The quantitative estimate of drug-likeness (QED) is 0.341. The molecule has 7 nitrogen and oxygen atoms in total. The molecule has 9 heteroatoms. The second-order valence-corrected chi connectivity index (χ2v) is 8.24. The Morgan fingerprint density at radius 2 is 1.91 bits per heavy atom. The van der Waals surface area contributed by atoms with E-state index in [9.17, 15) is 14.0 Å². The van der Waals surface area contributed by atoms with Gasteiger partial charge in [0.25, 0.3) is 5.91 Å². The zero-order valence-electron chi connectivity index (χ0n) is 18.5. The van der Waals surface area contributed by atoms with Crippen molar-refractivity contribution in [3.05, 3.63) is 84.0 Å². The number of carbonyl (C=O) groups excluding carboxylic acids is 2. The van der Waals surface area contributed by atoms with Crippen LogP contribution in [0.3, 0.4) is 0 Å². The monoisotopic (exact) mass is 467 g/mol. The number of nitrogens with one attached hydrogen (secondary N) is 2. The summed E-state index contributed by atoms with van der Waals surface area (Å²) in [4.78, 5) is 24.8. The van der Waals surface area contributed by atoms with Crippen LogP contribution in [0.1, 0.15) is 41.6 Å². The molecule has 0 fully saturated rings. The van der Waals surface area contributed by atoms with Gasteiger partial charge in [-0.2, -0.15) is 0 Å². The SMILES string of the molecule is C=CCn1c(SCC(=O)Nc2ccc(CC)cc2)nnc1[C@@H](C)NC(=O)c1ccccc1F. The highest BCUT2D eigenvalue weighted by Gasteiger charge is 2.21. The summed E-state index contributed by atoms with van der Waals surface area (Å²) >= 11 is 1.23. The Morgan fingerprint density at radius 3 is 2.58 bits per heavy atom. The Morgan fingerprint density at radius 1 is 1.18 bits per heavy atom. The van der Waals surface area contributed by atoms with Crippen molar-refractivity contribution in [3.63, 3.8) is 0 Å². The molecule has 2 N–H and O–H groups in total. The van der Waals surface area contributed by atoms with Crippen molar-refractivity contribution in [2.45, 2.75) is 38.0 Å². The summed E-state index contributed by atoms with van der Waals surface area (Å²) in [6, 6.07) is 12.9. The molecular weight excluding hydrogens is 441 g/mol. The zero-order valence-corrected chi connectivity index (χ0v) is 19.4. The van der Waals surface area contributed by atoms with Crippen LogP contribution in [0.5, 0.6) is 0 Å². The highest BCUT2D eigenvalue weighted by Crippen LogP contribution is 2.22. The summed E-state index contributed by atoms with van der Waals surface area (Å²) in [5.74, 6) is -0.684. The number of carbonyl (C=O) groups is 2. The van der Waals surface area contributed by atoms with Gasteiger partial charge in [-0.15, -0.1) is 16.8 Å². The van der Waals surface area contributed by atoms with E-state index in [2.05, 4.69) is 34.3 Å². The number of halogens is 1. The Hall–Kier alpha value is -3.46. The molecule has 33 heavy (non-hydrogen) atoms. The first kappa shape index (κ1) is 24.2. The normalized spacial score (nSPS) is 11.6. The molecule has 0 aliphatic rings. The van der Waals surface area contributed by atoms with Gasteiger partial charge in [-0.05, 0) is 43.2 Å². The molecule has 0 unspecified atom stereocenters. The third-order valence-electron chi connectivity index (χ3n) is 4.89. The summed E-state index contributed by atoms with van der Waals surface area (Å²) < 4.78 is 15.7. The lowest BCUT2D eigenvalue weighted by Gasteiger charge is -2.15. The van der Waals surface area contributed by atoms with Gasteiger partial charge in [0.2, 0.25) is 5.91 Å². The van der Waals surface area contributed by atoms with E-state index < -0.39 is 17.8 Å². The van der Waals surface area contributed by atoms with Crippen LogP contribution in [0.4, 0.5) is 10.1 Å². The maximum Gasteiger partial charge on any atom is 0.254 e. The van der Waals surface area contributed by atoms with Crippen LogP contribution >= 0.6 is 11.8 Å². The molecule has 2 amide bonds. The van der Waals surface area contributed by atoms with E-state index in [4.69, 9.17) is 0 Å². The molecule has 3 rings (SSSR count). The van der Waals surface area contributed by atoms with Crippen LogP contribution in [0.2, 0.25) is 0 Å². The number of amides is 2. The van der Waals surface area contributed by atoms with Crippen LogP contribution < -0.4 is 10.6 Å². The van der Waals surface area contributed by atoms with E-state index in [0.29, 0.717) is 17.5 Å². The molecule has 0 radical (unpaired) electrons. The highest BCUT2D eigenvalue weighted by atomic mass is 32.2. The van der Waals surface area contributed by atoms with Gasteiger partial charge in [-0.25, -0.2) is 4.39 Å². The predicted octanol–water partition coefficient (Wildman–Crippen LogP) is 4.39. The smallest absolute Gasteiger partial charge is 0.254 e. The first-order chi connectivity index (χ1) is 15.9.